The number of hydrogen-bond acceptors (Lipinski definition) is 4. The fourth-order valence-electron chi connectivity index (χ4n) is 1.49. The van der Waals surface area contributed by atoms with Crippen LogP contribution in [0.2, 0.25) is 0 Å². The monoisotopic (exact) mass is 223 g/mol. The molecule has 4 nitrogen and oxygen atoms in total. The lowest BCUT2D eigenvalue weighted by Crippen LogP contribution is -2.06. The predicted molar refractivity (Wildman–Crippen MR) is 62.7 cm³/mol. The molecule has 0 aliphatic rings. The number of phenols is 1. The van der Waals surface area contributed by atoms with Crippen molar-refractivity contribution in [2.45, 2.75) is 33.6 Å². The normalized spacial score (nSPS) is 10.6. The lowest BCUT2D eigenvalue weighted by molar-refractivity contribution is -0.132. The zero-order valence-electron chi connectivity index (χ0n) is 10.00. The Morgan fingerprint density at radius 1 is 1.50 bits per heavy atom. The van der Waals surface area contributed by atoms with E-state index in [4.69, 9.17) is 10.5 Å². The van der Waals surface area contributed by atoms with Gasteiger partial charge in [-0.1, -0.05) is 13.8 Å². The lowest BCUT2D eigenvalue weighted by Gasteiger charge is -2.16. The molecule has 0 atom stereocenters. The fourth-order valence-corrected chi connectivity index (χ4v) is 1.49. The third-order valence-corrected chi connectivity index (χ3v) is 2.44. The third-order valence-electron chi connectivity index (χ3n) is 2.44. The molecule has 1 aromatic carbocycles. The first-order valence-electron chi connectivity index (χ1n) is 5.15. The van der Waals surface area contributed by atoms with Crippen molar-refractivity contribution >= 4 is 11.7 Å². The number of anilines is 1. The van der Waals surface area contributed by atoms with Gasteiger partial charge >= 0.3 is 5.97 Å². The molecule has 3 N–H and O–H groups in total. The fraction of sp³-hybridized carbons (Fsp3) is 0.417. The highest BCUT2D eigenvalue weighted by molar-refractivity contribution is 5.74. The highest BCUT2D eigenvalue weighted by Gasteiger charge is 2.18. The largest absolute Gasteiger partial charge is 0.504 e. The van der Waals surface area contributed by atoms with Crippen molar-refractivity contribution in [3.8, 4) is 11.5 Å². The molecular formula is C12H17NO3. The van der Waals surface area contributed by atoms with E-state index in [1.54, 1.807) is 13.0 Å². The molecule has 0 aliphatic heterocycles. The molecule has 0 aliphatic carbocycles. The molecule has 0 unspecified atom stereocenters. The summed E-state index contributed by atoms with van der Waals surface area (Å²) >= 11 is 0. The number of nitrogens with two attached hydrogens (primary N) is 1. The van der Waals surface area contributed by atoms with Crippen LogP contribution >= 0.6 is 0 Å². The zero-order valence-corrected chi connectivity index (χ0v) is 10.00. The van der Waals surface area contributed by atoms with E-state index in [2.05, 4.69) is 0 Å². The second kappa shape index (κ2) is 4.43. The summed E-state index contributed by atoms with van der Waals surface area (Å²) in [6.07, 6.45) is 0. The molecule has 0 heterocycles. The van der Waals surface area contributed by atoms with Crippen molar-refractivity contribution in [1.29, 1.82) is 0 Å². The van der Waals surface area contributed by atoms with Crippen molar-refractivity contribution in [2.75, 3.05) is 5.73 Å². The minimum atomic E-state index is -0.473. The summed E-state index contributed by atoms with van der Waals surface area (Å²) in [4.78, 5) is 10.9. The van der Waals surface area contributed by atoms with Crippen LogP contribution < -0.4 is 10.5 Å². The van der Waals surface area contributed by atoms with Crippen LogP contribution in [0.3, 0.4) is 0 Å². The molecule has 1 rings (SSSR count). The molecule has 0 amide bonds. The topological polar surface area (TPSA) is 72.5 Å². The quantitative estimate of drug-likeness (QED) is 0.349. The summed E-state index contributed by atoms with van der Waals surface area (Å²) in [6.45, 7) is 6.86. The number of aromatic hydroxyl groups is 1. The van der Waals surface area contributed by atoms with Gasteiger partial charge in [-0.15, -0.1) is 0 Å². The number of hydrogen-bond donors (Lipinski definition) is 2. The molecule has 88 valence electrons. The lowest BCUT2D eigenvalue weighted by atomic mass is 9.98. The Bertz CT molecular complexity index is 425. The van der Waals surface area contributed by atoms with Gasteiger partial charge in [-0.2, -0.15) is 0 Å². The van der Waals surface area contributed by atoms with Gasteiger partial charge in [0.25, 0.3) is 0 Å². The Kier molecular flexibility index (Phi) is 3.42. The number of esters is 1. The Hall–Kier alpha value is -1.71. The molecule has 0 fully saturated rings. The van der Waals surface area contributed by atoms with Crippen LogP contribution in [0.5, 0.6) is 11.5 Å². The number of benzene rings is 1. The van der Waals surface area contributed by atoms with E-state index >= 15 is 0 Å². The second-order valence-electron chi connectivity index (χ2n) is 4.11. The molecule has 0 spiro atoms. The van der Waals surface area contributed by atoms with E-state index in [9.17, 15) is 9.90 Å². The molecule has 0 saturated carbocycles. The van der Waals surface area contributed by atoms with Gasteiger partial charge in [0.1, 0.15) is 0 Å². The molecule has 0 saturated heterocycles. The summed E-state index contributed by atoms with van der Waals surface area (Å²) in [7, 11) is 0. The highest BCUT2D eigenvalue weighted by atomic mass is 16.5. The summed E-state index contributed by atoms with van der Waals surface area (Å²) in [5, 5.41) is 9.98. The van der Waals surface area contributed by atoms with Gasteiger partial charge in [-0.05, 0) is 18.9 Å². The average molecular weight is 223 g/mol. The standard InChI is InChI=1S/C12H17NO3/c1-6(2)9-5-10(13)7(3)12(11(9)15)16-8(4)14/h5-6,15H,13H2,1-4H3. The third kappa shape index (κ3) is 2.27. The van der Waals surface area contributed by atoms with Crippen LogP contribution in [-0.4, -0.2) is 11.1 Å². The number of carbonyl (C=O) groups is 1. The van der Waals surface area contributed by atoms with E-state index in [0.29, 0.717) is 16.8 Å². The summed E-state index contributed by atoms with van der Waals surface area (Å²) < 4.78 is 4.98. The van der Waals surface area contributed by atoms with Crippen LogP contribution in [-0.2, 0) is 4.79 Å². The smallest absolute Gasteiger partial charge is 0.308 e. The van der Waals surface area contributed by atoms with Gasteiger partial charge in [0, 0.05) is 23.7 Å². The van der Waals surface area contributed by atoms with Gasteiger partial charge in [-0.3, -0.25) is 4.79 Å². The van der Waals surface area contributed by atoms with Crippen molar-refractivity contribution in [1.82, 2.24) is 0 Å². The number of rotatable bonds is 2. The Labute approximate surface area is 95.0 Å². The van der Waals surface area contributed by atoms with Crippen LogP contribution in [0.25, 0.3) is 0 Å². The van der Waals surface area contributed by atoms with Gasteiger partial charge in [0.2, 0.25) is 0 Å². The minimum Gasteiger partial charge on any atom is -0.504 e. The van der Waals surface area contributed by atoms with Crippen molar-refractivity contribution in [3.05, 3.63) is 17.2 Å². The summed E-state index contributed by atoms with van der Waals surface area (Å²) in [5.74, 6) is -0.205. The van der Waals surface area contributed by atoms with E-state index in [0.717, 1.165) is 0 Å². The first-order chi connectivity index (χ1) is 7.34. The minimum absolute atomic E-state index is 0.00287. The molecule has 16 heavy (non-hydrogen) atoms. The molecule has 1 aromatic rings. The van der Waals surface area contributed by atoms with Crippen molar-refractivity contribution < 1.29 is 14.6 Å². The van der Waals surface area contributed by atoms with Gasteiger partial charge in [0.05, 0.1) is 0 Å². The van der Waals surface area contributed by atoms with Gasteiger partial charge < -0.3 is 15.6 Å². The first-order valence-corrected chi connectivity index (χ1v) is 5.15. The van der Waals surface area contributed by atoms with Crippen LogP contribution in [0.15, 0.2) is 6.07 Å². The maximum absolute atomic E-state index is 10.9. The Balaban J connectivity index is 3.39. The molecule has 0 aromatic heterocycles. The first kappa shape index (κ1) is 12.4. The van der Waals surface area contributed by atoms with Crippen LogP contribution in [0, 0.1) is 6.92 Å². The van der Waals surface area contributed by atoms with E-state index in [-0.39, 0.29) is 17.4 Å². The van der Waals surface area contributed by atoms with Crippen molar-refractivity contribution in [3.63, 3.8) is 0 Å². The average Bonchev–Trinajstić information content (AvgIpc) is 2.17. The molecule has 0 radical (unpaired) electrons. The number of phenolic OH excluding ortho intramolecular Hbond substituents is 1. The van der Waals surface area contributed by atoms with Gasteiger partial charge in [-0.25, -0.2) is 0 Å². The van der Waals surface area contributed by atoms with Gasteiger partial charge in [0.15, 0.2) is 11.5 Å². The molecule has 0 bridgehead atoms. The number of ether oxygens (including phenoxy) is 1. The second-order valence-corrected chi connectivity index (χ2v) is 4.11. The van der Waals surface area contributed by atoms with E-state index < -0.39 is 5.97 Å². The highest BCUT2D eigenvalue weighted by Crippen LogP contribution is 2.40. The Morgan fingerprint density at radius 3 is 2.50 bits per heavy atom. The molecular weight excluding hydrogens is 206 g/mol. The predicted octanol–water partition coefficient (Wildman–Crippen LogP) is 2.33. The summed E-state index contributed by atoms with van der Waals surface area (Å²) in [6, 6.07) is 1.71. The maximum atomic E-state index is 10.9. The summed E-state index contributed by atoms with van der Waals surface area (Å²) in [5.41, 5.74) is 7.57. The molecule has 4 heteroatoms. The van der Waals surface area contributed by atoms with Crippen LogP contribution in [0.4, 0.5) is 5.69 Å². The van der Waals surface area contributed by atoms with Crippen molar-refractivity contribution in [2.24, 2.45) is 0 Å². The van der Waals surface area contributed by atoms with Crippen LogP contribution in [0.1, 0.15) is 37.8 Å². The van der Waals surface area contributed by atoms with E-state index in [1.165, 1.54) is 6.92 Å². The zero-order chi connectivity index (χ0) is 12.5. The Morgan fingerprint density at radius 2 is 2.06 bits per heavy atom. The maximum Gasteiger partial charge on any atom is 0.308 e. The number of nitrogen functional groups attached to an aromatic ring is 1. The van der Waals surface area contributed by atoms with E-state index in [1.807, 2.05) is 13.8 Å². The number of carbonyl (C=O) groups excluding carboxylic acids is 1. The SMILES string of the molecule is CC(=O)Oc1c(C)c(N)cc(C(C)C)c1O.